The molecule has 0 saturated heterocycles. The van der Waals surface area contributed by atoms with Gasteiger partial charge in [0, 0.05) is 72.0 Å². The maximum Gasteiger partial charge on any atom is 0.143 e. The van der Waals surface area contributed by atoms with Gasteiger partial charge >= 0.3 is 0 Å². The SMILES string of the molecule is c1ccc(-c2ccc(N(c3ccc(-c4cccc(-c5ccc(-c6ccc(N(c7ccc(-c8ccccc8)cc7)c7ccc(-c8ccccc8)cc7)cc6-c6cccc7ccccc67)c6c5oc5c7ccccc7ccc56)c4)cc3)c3ccc(-c4cccc5oc6c7ccccc7ccc6c45)c(-c4ccccc4)c3)cc2)cc1. The van der Waals surface area contributed by atoms with E-state index in [9.17, 15) is 0 Å². The molecule has 112 heavy (non-hydrogen) atoms. The van der Waals surface area contributed by atoms with Gasteiger partial charge in [0.05, 0.1) is 0 Å². The third-order valence-electron chi connectivity index (χ3n) is 22.5. The summed E-state index contributed by atoms with van der Waals surface area (Å²) in [5, 5.41) is 11.1. The van der Waals surface area contributed by atoms with Gasteiger partial charge in [-0.15, -0.1) is 0 Å². The van der Waals surface area contributed by atoms with Crippen molar-refractivity contribution in [1.82, 2.24) is 0 Å². The van der Waals surface area contributed by atoms with Crippen molar-refractivity contribution in [2.24, 2.45) is 0 Å². The maximum absolute atomic E-state index is 7.49. The third-order valence-corrected chi connectivity index (χ3v) is 22.5. The van der Waals surface area contributed by atoms with Crippen LogP contribution in [0, 0.1) is 0 Å². The lowest BCUT2D eigenvalue weighted by Gasteiger charge is -2.27. The van der Waals surface area contributed by atoms with E-state index < -0.39 is 0 Å². The highest BCUT2D eigenvalue weighted by Gasteiger charge is 2.26. The summed E-state index contributed by atoms with van der Waals surface area (Å²) >= 11 is 0. The Hall–Kier alpha value is -14.8. The van der Waals surface area contributed by atoms with Gasteiger partial charge in [0.1, 0.15) is 22.3 Å². The highest BCUT2D eigenvalue weighted by atomic mass is 16.3. The van der Waals surface area contributed by atoms with Crippen LogP contribution in [-0.2, 0) is 0 Å². The number of furan rings is 2. The molecular weight excluding hydrogens is 1360 g/mol. The van der Waals surface area contributed by atoms with E-state index in [0.717, 1.165) is 183 Å². The normalized spacial score (nSPS) is 11.6. The van der Waals surface area contributed by atoms with E-state index in [1.807, 2.05) is 0 Å². The lowest BCUT2D eigenvalue weighted by atomic mass is 9.87. The molecule has 0 aliphatic heterocycles. The molecule has 2 aromatic heterocycles. The van der Waals surface area contributed by atoms with Crippen molar-refractivity contribution in [1.29, 1.82) is 0 Å². The predicted molar refractivity (Wildman–Crippen MR) is 472 cm³/mol. The van der Waals surface area contributed by atoms with Gasteiger partial charge in [-0.2, -0.15) is 0 Å². The largest absolute Gasteiger partial charge is 0.455 e. The van der Waals surface area contributed by atoms with Crippen LogP contribution >= 0.6 is 0 Å². The Kier molecular flexibility index (Phi) is 16.2. The molecule has 19 aromatic carbocycles. The molecule has 0 saturated carbocycles. The van der Waals surface area contributed by atoms with Crippen molar-refractivity contribution in [2.45, 2.75) is 0 Å². The molecule has 0 amide bonds. The monoisotopic (exact) mass is 1430 g/mol. The van der Waals surface area contributed by atoms with Crippen LogP contribution in [0.4, 0.5) is 34.1 Å². The van der Waals surface area contributed by atoms with Crippen LogP contribution in [0.2, 0.25) is 0 Å². The summed E-state index contributed by atoms with van der Waals surface area (Å²) in [6.07, 6.45) is 0. The zero-order valence-electron chi connectivity index (χ0n) is 61.1. The van der Waals surface area contributed by atoms with Gasteiger partial charge in [-0.25, -0.2) is 0 Å². The Balaban J connectivity index is 0.694. The summed E-state index contributed by atoms with van der Waals surface area (Å²) in [7, 11) is 0. The Morgan fingerprint density at radius 3 is 1.04 bits per heavy atom. The molecule has 21 aromatic rings. The third kappa shape index (κ3) is 11.6. The average molecular weight is 1430 g/mol. The predicted octanol–water partition coefficient (Wildman–Crippen LogP) is 30.9. The van der Waals surface area contributed by atoms with E-state index in [1.165, 1.54) is 27.5 Å². The zero-order chi connectivity index (χ0) is 74.0. The Morgan fingerprint density at radius 2 is 0.500 bits per heavy atom. The van der Waals surface area contributed by atoms with Crippen LogP contribution in [0.5, 0.6) is 0 Å². The summed E-state index contributed by atoms with van der Waals surface area (Å²) < 4.78 is 14.3. The van der Waals surface area contributed by atoms with Gasteiger partial charge in [0.25, 0.3) is 0 Å². The quantitative estimate of drug-likeness (QED) is 0.102. The second-order valence-corrected chi connectivity index (χ2v) is 29.0. The molecule has 0 bridgehead atoms. The number of anilines is 6. The molecule has 4 heteroatoms. The van der Waals surface area contributed by atoms with Crippen molar-refractivity contribution < 1.29 is 8.83 Å². The minimum atomic E-state index is 0.834. The van der Waals surface area contributed by atoms with Crippen molar-refractivity contribution in [3.63, 3.8) is 0 Å². The highest BCUT2D eigenvalue weighted by Crippen LogP contribution is 2.51. The maximum atomic E-state index is 7.49. The summed E-state index contributed by atoms with van der Waals surface area (Å²) in [5.41, 5.74) is 29.9. The van der Waals surface area contributed by atoms with E-state index in [0.29, 0.717) is 0 Å². The van der Waals surface area contributed by atoms with Crippen molar-refractivity contribution in [3.8, 4) is 100 Å². The van der Waals surface area contributed by atoms with E-state index >= 15 is 0 Å². The molecule has 2 heterocycles. The first-order chi connectivity index (χ1) is 55.5. The molecule has 0 radical (unpaired) electrons. The zero-order valence-corrected chi connectivity index (χ0v) is 61.1. The molecule has 524 valence electrons. The number of fused-ring (bicyclic) bond motifs is 11. The number of nitrogens with zero attached hydrogens (tertiary/aromatic N) is 2. The van der Waals surface area contributed by atoms with Crippen LogP contribution in [-0.4, -0.2) is 0 Å². The molecule has 0 aliphatic rings. The van der Waals surface area contributed by atoms with Crippen molar-refractivity contribution in [3.05, 3.63) is 425 Å². The highest BCUT2D eigenvalue weighted by molar-refractivity contribution is 6.23. The molecule has 0 fully saturated rings. The minimum Gasteiger partial charge on any atom is -0.455 e. The molecule has 0 atom stereocenters. The lowest BCUT2D eigenvalue weighted by molar-refractivity contribution is 0.672. The number of hydrogen-bond acceptors (Lipinski definition) is 4. The first kappa shape index (κ1) is 65.5. The van der Waals surface area contributed by atoms with Crippen LogP contribution in [0.25, 0.3) is 176 Å². The second kappa shape index (κ2) is 27.7. The lowest BCUT2D eigenvalue weighted by Crippen LogP contribution is -2.10. The van der Waals surface area contributed by atoms with Gasteiger partial charge in [-0.1, -0.05) is 322 Å². The van der Waals surface area contributed by atoms with Crippen LogP contribution in [0.3, 0.4) is 0 Å². The van der Waals surface area contributed by atoms with E-state index in [-0.39, 0.29) is 0 Å². The Labute approximate surface area is 649 Å². The van der Waals surface area contributed by atoms with E-state index in [1.54, 1.807) is 0 Å². The van der Waals surface area contributed by atoms with Crippen LogP contribution < -0.4 is 9.80 Å². The second-order valence-electron chi connectivity index (χ2n) is 29.0. The van der Waals surface area contributed by atoms with Gasteiger partial charge in [0.15, 0.2) is 0 Å². The number of hydrogen-bond donors (Lipinski definition) is 0. The number of rotatable bonds is 15. The topological polar surface area (TPSA) is 32.8 Å². The summed E-state index contributed by atoms with van der Waals surface area (Å²) in [4.78, 5) is 4.79. The Morgan fingerprint density at radius 1 is 0.152 bits per heavy atom. The molecule has 4 nitrogen and oxygen atoms in total. The first-order valence-electron chi connectivity index (χ1n) is 38.3. The van der Waals surface area contributed by atoms with Crippen molar-refractivity contribution >= 4 is 110 Å². The fraction of sp³-hybridized carbons (Fsp3) is 0. The summed E-state index contributed by atoms with van der Waals surface area (Å²) in [6.45, 7) is 0. The molecule has 0 spiro atoms. The minimum absolute atomic E-state index is 0.834. The van der Waals surface area contributed by atoms with Gasteiger partial charge in [0.2, 0.25) is 0 Å². The van der Waals surface area contributed by atoms with Crippen LogP contribution in [0.15, 0.2) is 433 Å². The summed E-state index contributed by atoms with van der Waals surface area (Å²) in [5.74, 6) is 0. The molecule has 0 aliphatic carbocycles. The van der Waals surface area contributed by atoms with Gasteiger partial charge < -0.3 is 18.6 Å². The first-order valence-corrected chi connectivity index (χ1v) is 38.3. The standard InChI is InChI=1S/C108H70N2O2/c1-5-22-71(23-6-1)74-42-52-84(53-43-74)109(88-60-64-95(101(69-88)79-28-11-4-12-29-79)97-40-21-41-103-104(97)99-62-50-80-31-14-17-37-91(80)106(99)111-103)87-58-48-77(49-59-87)82-34-19-35-83(68-82)93-66-67-98(105-100-63-51-81-32-15-18-38-92(81)107(100)112-108(93)105)96-65-61-89(70-102(96)94-39-20-33-78-30-13-16-36-90(78)94)110(85-54-44-75(45-55-85)72-24-7-2-8-25-72)86-56-46-76(47-57-86)73-26-9-3-10-27-73/h1-70H. The van der Waals surface area contributed by atoms with Crippen LogP contribution in [0.1, 0.15) is 0 Å². The van der Waals surface area contributed by atoms with Crippen molar-refractivity contribution in [2.75, 3.05) is 9.80 Å². The molecular formula is C108H70N2O2. The average Bonchev–Trinajstić information content (AvgIpc) is 1.52. The smallest absolute Gasteiger partial charge is 0.143 e. The fourth-order valence-electron chi connectivity index (χ4n) is 17.1. The van der Waals surface area contributed by atoms with E-state index in [4.69, 9.17) is 8.83 Å². The number of benzene rings is 19. The van der Waals surface area contributed by atoms with E-state index in [2.05, 4.69) is 434 Å². The van der Waals surface area contributed by atoms with Gasteiger partial charge in [-0.3, -0.25) is 0 Å². The molecule has 0 N–H and O–H groups in total. The Bertz CT molecular complexity index is 7040. The van der Waals surface area contributed by atoms with Gasteiger partial charge in [-0.05, 0) is 219 Å². The fourth-order valence-corrected chi connectivity index (χ4v) is 17.1. The summed E-state index contributed by atoms with van der Waals surface area (Å²) in [6, 6.07) is 154. The molecule has 0 unspecified atom stereocenters. The molecule has 21 rings (SSSR count).